The lowest BCUT2D eigenvalue weighted by Crippen LogP contribution is -2.49. The standard InChI is InChI=1S/C21H23F3N6O/c1-3-5-17-13-18(25-20-27-26-14(2)30(17)20)28-8-10-29(11-9-28)19(31)15-6-4-7-16(12-15)21(22,23)24/h4,6-7,12-13H,3,5,8-11H2,1-2H3. The second-order valence-corrected chi connectivity index (χ2v) is 7.60. The third kappa shape index (κ3) is 4.19. The summed E-state index contributed by atoms with van der Waals surface area (Å²) in [4.78, 5) is 21.0. The van der Waals surface area contributed by atoms with Crippen LogP contribution in [0.15, 0.2) is 30.3 Å². The lowest BCUT2D eigenvalue weighted by atomic mass is 10.1. The largest absolute Gasteiger partial charge is 0.416 e. The molecule has 1 aliphatic heterocycles. The van der Waals surface area contributed by atoms with E-state index in [1.807, 2.05) is 17.4 Å². The van der Waals surface area contributed by atoms with Crippen LogP contribution in [0.1, 0.15) is 40.8 Å². The van der Waals surface area contributed by atoms with E-state index in [0.29, 0.717) is 32.0 Å². The number of aromatic nitrogens is 4. The molecule has 4 rings (SSSR count). The van der Waals surface area contributed by atoms with Gasteiger partial charge in [-0.25, -0.2) is 0 Å². The van der Waals surface area contributed by atoms with Crippen molar-refractivity contribution < 1.29 is 18.0 Å². The number of halogens is 3. The first-order chi connectivity index (χ1) is 14.8. The highest BCUT2D eigenvalue weighted by Crippen LogP contribution is 2.30. The molecule has 0 unspecified atom stereocenters. The molecule has 0 bridgehead atoms. The zero-order valence-corrected chi connectivity index (χ0v) is 17.4. The average Bonchev–Trinajstić information content (AvgIpc) is 3.14. The van der Waals surface area contributed by atoms with Crippen molar-refractivity contribution >= 4 is 17.5 Å². The van der Waals surface area contributed by atoms with Crippen LogP contribution < -0.4 is 4.90 Å². The smallest absolute Gasteiger partial charge is 0.353 e. The number of amides is 1. The normalized spacial score (nSPS) is 15.0. The number of nitrogens with zero attached hydrogens (tertiary/aromatic N) is 6. The van der Waals surface area contributed by atoms with Crippen LogP contribution in [0.2, 0.25) is 0 Å². The van der Waals surface area contributed by atoms with Crippen molar-refractivity contribution in [1.29, 1.82) is 0 Å². The van der Waals surface area contributed by atoms with Gasteiger partial charge in [0, 0.05) is 43.5 Å². The fourth-order valence-electron chi connectivity index (χ4n) is 3.86. The number of anilines is 1. The van der Waals surface area contributed by atoms with Gasteiger partial charge in [0.15, 0.2) is 0 Å². The van der Waals surface area contributed by atoms with Crippen molar-refractivity contribution in [2.24, 2.45) is 0 Å². The molecule has 10 heteroatoms. The molecule has 7 nitrogen and oxygen atoms in total. The highest BCUT2D eigenvalue weighted by Gasteiger charge is 2.32. The zero-order valence-electron chi connectivity index (χ0n) is 17.4. The molecule has 0 spiro atoms. The Morgan fingerprint density at radius 1 is 1.10 bits per heavy atom. The van der Waals surface area contributed by atoms with E-state index in [0.717, 1.165) is 42.3 Å². The van der Waals surface area contributed by atoms with E-state index in [4.69, 9.17) is 0 Å². The second-order valence-electron chi connectivity index (χ2n) is 7.60. The minimum absolute atomic E-state index is 0.0481. The quantitative estimate of drug-likeness (QED) is 0.633. The van der Waals surface area contributed by atoms with Gasteiger partial charge < -0.3 is 9.80 Å². The number of hydrogen-bond donors (Lipinski definition) is 0. The summed E-state index contributed by atoms with van der Waals surface area (Å²) in [6, 6.07) is 6.59. The van der Waals surface area contributed by atoms with Crippen LogP contribution in [-0.4, -0.2) is 56.6 Å². The number of hydrogen-bond acceptors (Lipinski definition) is 5. The Kier molecular flexibility index (Phi) is 5.55. The van der Waals surface area contributed by atoms with Gasteiger partial charge in [0.2, 0.25) is 0 Å². The number of rotatable bonds is 4. The van der Waals surface area contributed by atoms with Gasteiger partial charge in [-0.05, 0) is 31.5 Å². The van der Waals surface area contributed by atoms with E-state index >= 15 is 0 Å². The highest BCUT2D eigenvalue weighted by molar-refractivity contribution is 5.94. The van der Waals surface area contributed by atoms with E-state index in [9.17, 15) is 18.0 Å². The summed E-state index contributed by atoms with van der Waals surface area (Å²) in [6.45, 7) is 5.86. The van der Waals surface area contributed by atoms with Gasteiger partial charge in [-0.1, -0.05) is 19.4 Å². The summed E-state index contributed by atoms with van der Waals surface area (Å²) >= 11 is 0. The molecule has 31 heavy (non-hydrogen) atoms. The molecular weight excluding hydrogens is 409 g/mol. The molecule has 1 fully saturated rings. The maximum absolute atomic E-state index is 13.0. The summed E-state index contributed by atoms with van der Waals surface area (Å²) in [6.07, 6.45) is -2.65. The average molecular weight is 432 g/mol. The summed E-state index contributed by atoms with van der Waals surface area (Å²) in [5.74, 6) is 1.71. The van der Waals surface area contributed by atoms with Gasteiger partial charge >= 0.3 is 6.18 Å². The van der Waals surface area contributed by atoms with E-state index in [1.54, 1.807) is 4.90 Å². The van der Waals surface area contributed by atoms with E-state index in [1.165, 1.54) is 12.1 Å². The summed E-state index contributed by atoms with van der Waals surface area (Å²) in [5.41, 5.74) is 0.306. The molecule has 0 atom stereocenters. The third-order valence-corrected chi connectivity index (χ3v) is 5.44. The SMILES string of the molecule is CCCc1cc(N2CCN(C(=O)c3cccc(C(F)(F)F)c3)CC2)nc2nnc(C)n12. The van der Waals surface area contributed by atoms with Crippen molar-refractivity contribution in [2.45, 2.75) is 32.9 Å². The van der Waals surface area contributed by atoms with Crippen LogP contribution >= 0.6 is 0 Å². The molecule has 2 aromatic heterocycles. The highest BCUT2D eigenvalue weighted by atomic mass is 19.4. The maximum Gasteiger partial charge on any atom is 0.416 e. The van der Waals surface area contributed by atoms with Crippen LogP contribution in [0, 0.1) is 6.92 Å². The monoisotopic (exact) mass is 432 g/mol. The van der Waals surface area contributed by atoms with Crippen molar-refractivity contribution in [3.8, 4) is 0 Å². The lowest BCUT2D eigenvalue weighted by Gasteiger charge is -2.35. The summed E-state index contributed by atoms with van der Waals surface area (Å²) in [7, 11) is 0. The Morgan fingerprint density at radius 3 is 2.52 bits per heavy atom. The maximum atomic E-state index is 13.0. The molecule has 0 saturated carbocycles. The van der Waals surface area contributed by atoms with Gasteiger partial charge in [0.1, 0.15) is 11.6 Å². The molecular formula is C21H23F3N6O. The number of alkyl halides is 3. The summed E-state index contributed by atoms with van der Waals surface area (Å²) < 4.78 is 40.8. The van der Waals surface area contributed by atoms with Crippen LogP contribution in [0.25, 0.3) is 5.78 Å². The number of aryl methyl sites for hydroxylation is 2. The Hall–Kier alpha value is -3.17. The first-order valence-electron chi connectivity index (χ1n) is 10.2. The number of benzene rings is 1. The predicted octanol–water partition coefficient (Wildman–Crippen LogP) is 3.37. The van der Waals surface area contributed by atoms with Crippen molar-refractivity contribution in [3.05, 3.63) is 53.0 Å². The Balaban J connectivity index is 1.49. The van der Waals surface area contributed by atoms with Crippen LogP contribution in [0.3, 0.4) is 0 Å². The number of fused-ring (bicyclic) bond motifs is 1. The first-order valence-corrected chi connectivity index (χ1v) is 10.2. The van der Waals surface area contributed by atoms with E-state index in [-0.39, 0.29) is 5.56 Å². The number of carbonyl (C=O) groups is 1. The fraction of sp³-hybridized carbons (Fsp3) is 0.429. The van der Waals surface area contributed by atoms with Crippen molar-refractivity contribution in [1.82, 2.24) is 24.5 Å². The van der Waals surface area contributed by atoms with E-state index in [2.05, 4.69) is 27.0 Å². The van der Waals surface area contributed by atoms with Crippen molar-refractivity contribution in [3.63, 3.8) is 0 Å². The van der Waals surface area contributed by atoms with Gasteiger partial charge in [-0.15, -0.1) is 10.2 Å². The molecule has 0 N–H and O–H groups in total. The lowest BCUT2D eigenvalue weighted by molar-refractivity contribution is -0.137. The molecule has 1 aliphatic rings. The van der Waals surface area contributed by atoms with Gasteiger partial charge in [-0.2, -0.15) is 18.2 Å². The Bertz CT molecular complexity index is 1100. The predicted molar refractivity (Wildman–Crippen MR) is 109 cm³/mol. The molecule has 0 radical (unpaired) electrons. The Morgan fingerprint density at radius 2 is 1.84 bits per heavy atom. The third-order valence-electron chi connectivity index (χ3n) is 5.44. The first kappa shape index (κ1) is 21.1. The minimum Gasteiger partial charge on any atom is -0.353 e. The molecule has 1 saturated heterocycles. The van der Waals surface area contributed by atoms with Crippen LogP contribution in [0.4, 0.5) is 19.0 Å². The topological polar surface area (TPSA) is 66.6 Å². The van der Waals surface area contributed by atoms with Gasteiger partial charge in [-0.3, -0.25) is 9.20 Å². The Labute approximate surface area is 177 Å². The zero-order chi connectivity index (χ0) is 22.2. The van der Waals surface area contributed by atoms with Gasteiger partial charge in [0.25, 0.3) is 11.7 Å². The number of carbonyl (C=O) groups excluding carboxylic acids is 1. The molecule has 1 aromatic carbocycles. The number of piperazine rings is 1. The van der Waals surface area contributed by atoms with E-state index < -0.39 is 17.6 Å². The molecule has 3 heterocycles. The molecule has 3 aromatic rings. The minimum atomic E-state index is -4.48. The molecule has 164 valence electrons. The second kappa shape index (κ2) is 8.16. The van der Waals surface area contributed by atoms with Crippen LogP contribution in [-0.2, 0) is 12.6 Å². The fourth-order valence-corrected chi connectivity index (χ4v) is 3.86. The summed E-state index contributed by atoms with van der Waals surface area (Å²) in [5, 5.41) is 8.26. The molecule has 1 amide bonds. The van der Waals surface area contributed by atoms with Crippen molar-refractivity contribution in [2.75, 3.05) is 31.1 Å². The molecule has 0 aliphatic carbocycles. The van der Waals surface area contributed by atoms with Crippen LogP contribution in [0.5, 0.6) is 0 Å². The van der Waals surface area contributed by atoms with Gasteiger partial charge in [0.05, 0.1) is 5.56 Å².